The summed E-state index contributed by atoms with van der Waals surface area (Å²) in [6.07, 6.45) is 0. The minimum atomic E-state index is -0.828. The normalized spacial score (nSPS) is 8.00. The van der Waals surface area contributed by atoms with Gasteiger partial charge in [0.15, 0.2) is 0 Å². The van der Waals surface area contributed by atoms with Crippen molar-refractivity contribution in [2.45, 2.75) is 0 Å². The lowest BCUT2D eigenvalue weighted by Crippen LogP contribution is -1.96. The summed E-state index contributed by atoms with van der Waals surface area (Å²) in [6.45, 7) is 0. The Bertz CT molecular complexity index is 81.0. The van der Waals surface area contributed by atoms with Gasteiger partial charge in [0, 0.05) is 4.70 Å². The molecule has 0 saturated heterocycles. The van der Waals surface area contributed by atoms with E-state index in [9.17, 15) is 4.79 Å². The molecule has 4 heteroatoms. The zero-order chi connectivity index (χ0) is 5.70. The molecule has 1 N–H and O–H groups in total. The van der Waals surface area contributed by atoms with Crippen LogP contribution in [0.25, 0.3) is 0 Å². The summed E-state index contributed by atoms with van der Waals surface area (Å²) < 4.78 is 1.34. The predicted molar refractivity (Wildman–Crippen MR) is 33.7 cm³/mol. The van der Waals surface area contributed by atoms with Crippen LogP contribution in [0.2, 0.25) is 0 Å². The lowest BCUT2D eigenvalue weighted by molar-refractivity contribution is -0.133. The van der Waals surface area contributed by atoms with E-state index in [0.29, 0.717) is 0 Å². The number of hydrogen-bond donors (Lipinski definition) is 1. The van der Waals surface area contributed by atoms with Gasteiger partial charge in [-0.3, -0.25) is 4.79 Å². The highest BCUT2D eigenvalue weighted by molar-refractivity contribution is 8.21. The third-order valence-electron chi connectivity index (χ3n) is 0.275. The molecule has 0 aliphatic heterocycles. The zero-order valence-corrected chi connectivity index (χ0v) is 5.09. The smallest absolute Gasteiger partial charge is 0.313 e. The molecule has 2 nitrogen and oxygen atoms in total. The summed E-state index contributed by atoms with van der Waals surface area (Å²) in [7, 11) is 0. The fourth-order valence-corrected chi connectivity index (χ4v) is 0.520. The van der Waals surface area contributed by atoms with E-state index in [1.54, 1.807) is 0 Å². The number of carboxylic acid groups (broad SMARTS) is 1. The van der Waals surface area contributed by atoms with Crippen molar-refractivity contribution in [2.24, 2.45) is 0 Å². The maximum atomic E-state index is 9.67. The minimum absolute atomic E-state index is 0.0729. The van der Waals surface area contributed by atoms with Gasteiger partial charge in [-0.2, -0.15) is 0 Å². The van der Waals surface area contributed by atoms with E-state index >= 15 is 0 Å². The molecule has 0 aliphatic carbocycles. The molecule has 0 amide bonds. The highest BCUT2D eigenvalue weighted by atomic mass is 32.2. The van der Waals surface area contributed by atoms with Crippen molar-refractivity contribution in [3.05, 3.63) is 0 Å². The molecule has 0 aromatic rings. The maximum absolute atomic E-state index is 9.67. The standard InChI is InChI=1S/C3H4O2S2/c4-3(5)1-7-2-6/h2H,1H2,(H,4,5). The van der Waals surface area contributed by atoms with E-state index in [4.69, 9.17) is 5.11 Å². The van der Waals surface area contributed by atoms with Gasteiger partial charge in [0.1, 0.15) is 0 Å². The highest BCUT2D eigenvalue weighted by Crippen LogP contribution is 1.91. The number of aliphatic carboxylic acids is 1. The van der Waals surface area contributed by atoms with Crippen molar-refractivity contribution in [3.8, 4) is 0 Å². The number of thioether (sulfide) groups is 1. The van der Waals surface area contributed by atoms with E-state index in [1.165, 1.54) is 4.70 Å². The van der Waals surface area contributed by atoms with Gasteiger partial charge in [-0.05, 0) is 0 Å². The van der Waals surface area contributed by atoms with Gasteiger partial charge in [-0.15, -0.1) is 11.8 Å². The lowest BCUT2D eigenvalue weighted by Gasteiger charge is -1.81. The Morgan fingerprint density at radius 1 is 2.00 bits per heavy atom. The molecule has 0 heterocycles. The number of carbonyl (C=O) groups is 1. The summed E-state index contributed by atoms with van der Waals surface area (Å²) >= 11 is 5.45. The average molecular weight is 136 g/mol. The summed E-state index contributed by atoms with van der Waals surface area (Å²) in [5, 5.41) is 7.96. The molecule has 0 radical (unpaired) electrons. The van der Waals surface area contributed by atoms with Crippen molar-refractivity contribution in [1.82, 2.24) is 0 Å². The molecular formula is C3H4O2S2. The first-order valence-corrected chi connectivity index (χ1v) is 3.06. The molecule has 7 heavy (non-hydrogen) atoms. The Balaban J connectivity index is 2.97. The average Bonchev–Trinajstić information content (AvgIpc) is 1.61. The van der Waals surface area contributed by atoms with E-state index in [1.807, 2.05) is 0 Å². The number of carboxylic acids is 1. The first-order valence-electron chi connectivity index (χ1n) is 1.54. The number of thiocarbonyl (C=S) groups is 1. The second-order valence-corrected chi connectivity index (χ2v) is 2.19. The van der Waals surface area contributed by atoms with Crippen LogP contribution in [0.4, 0.5) is 0 Å². The second kappa shape index (κ2) is 4.08. The van der Waals surface area contributed by atoms with Gasteiger partial charge in [-0.1, -0.05) is 12.2 Å². The van der Waals surface area contributed by atoms with Crippen LogP contribution in [0.15, 0.2) is 0 Å². The van der Waals surface area contributed by atoms with Crippen LogP contribution in [0.5, 0.6) is 0 Å². The SMILES string of the molecule is O=C(O)CSC=S. The van der Waals surface area contributed by atoms with Crippen LogP contribution in [0, 0.1) is 0 Å². The highest BCUT2D eigenvalue weighted by Gasteiger charge is 1.90. The van der Waals surface area contributed by atoms with Crippen molar-refractivity contribution in [3.63, 3.8) is 0 Å². The van der Waals surface area contributed by atoms with Crippen molar-refractivity contribution >= 4 is 34.6 Å². The molecule has 0 saturated carbocycles. The Labute approximate surface area is 50.9 Å². The predicted octanol–water partition coefficient (Wildman–Crippen LogP) is 0.761. The van der Waals surface area contributed by atoms with E-state index in [2.05, 4.69) is 12.2 Å². The Kier molecular flexibility index (Phi) is 4.03. The van der Waals surface area contributed by atoms with Gasteiger partial charge >= 0.3 is 5.97 Å². The first-order chi connectivity index (χ1) is 3.27. The Hall–Kier alpha value is -0.0900. The molecule has 40 valence electrons. The number of hydrogen-bond acceptors (Lipinski definition) is 3. The summed E-state index contributed by atoms with van der Waals surface area (Å²) in [5.41, 5.74) is 0. The van der Waals surface area contributed by atoms with Crippen LogP contribution in [-0.4, -0.2) is 21.5 Å². The fraction of sp³-hybridized carbons (Fsp3) is 0.333. The van der Waals surface area contributed by atoms with Crippen LogP contribution >= 0.6 is 24.0 Å². The van der Waals surface area contributed by atoms with Crippen molar-refractivity contribution in [2.75, 3.05) is 5.75 Å². The fourth-order valence-electron chi connectivity index (χ4n) is 0.105. The van der Waals surface area contributed by atoms with E-state index in [-0.39, 0.29) is 5.75 Å². The zero-order valence-electron chi connectivity index (χ0n) is 3.46. The Morgan fingerprint density at radius 3 is 2.71 bits per heavy atom. The van der Waals surface area contributed by atoms with Gasteiger partial charge in [0.05, 0.1) is 5.75 Å². The lowest BCUT2D eigenvalue weighted by atomic mass is 10.8. The number of rotatable bonds is 3. The van der Waals surface area contributed by atoms with Crippen molar-refractivity contribution < 1.29 is 9.90 Å². The Morgan fingerprint density at radius 2 is 2.57 bits per heavy atom. The summed E-state index contributed by atoms with van der Waals surface area (Å²) in [5.74, 6) is -0.755. The maximum Gasteiger partial charge on any atom is 0.313 e. The third kappa shape index (κ3) is 5.91. The first kappa shape index (κ1) is 6.91. The molecule has 0 aromatic carbocycles. The van der Waals surface area contributed by atoms with Gasteiger partial charge in [0.2, 0.25) is 0 Å². The summed E-state index contributed by atoms with van der Waals surface area (Å²) in [4.78, 5) is 9.67. The van der Waals surface area contributed by atoms with E-state index < -0.39 is 5.97 Å². The topological polar surface area (TPSA) is 37.3 Å². The van der Waals surface area contributed by atoms with E-state index in [0.717, 1.165) is 11.8 Å². The molecule has 0 aliphatic rings. The summed E-state index contributed by atoms with van der Waals surface area (Å²) in [6, 6.07) is 0. The largest absolute Gasteiger partial charge is 0.481 e. The monoisotopic (exact) mass is 136 g/mol. The molecule has 0 atom stereocenters. The molecule has 0 spiro atoms. The third-order valence-corrected chi connectivity index (χ3v) is 1.23. The molecule has 0 bridgehead atoms. The van der Waals surface area contributed by atoms with Crippen LogP contribution in [0.3, 0.4) is 0 Å². The van der Waals surface area contributed by atoms with Crippen LogP contribution in [-0.2, 0) is 4.79 Å². The second-order valence-electron chi connectivity index (χ2n) is 0.801. The van der Waals surface area contributed by atoms with Crippen molar-refractivity contribution in [1.29, 1.82) is 0 Å². The van der Waals surface area contributed by atoms with Gasteiger partial charge in [0.25, 0.3) is 0 Å². The molecule has 0 fully saturated rings. The quantitative estimate of drug-likeness (QED) is 0.581. The molecular weight excluding hydrogens is 132 g/mol. The molecule has 0 rings (SSSR count). The van der Waals surface area contributed by atoms with Gasteiger partial charge in [-0.25, -0.2) is 0 Å². The van der Waals surface area contributed by atoms with Crippen LogP contribution < -0.4 is 0 Å². The van der Waals surface area contributed by atoms with Crippen LogP contribution in [0.1, 0.15) is 0 Å². The minimum Gasteiger partial charge on any atom is -0.481 e. The van der Waals surface area contributed by atoms with Gasteiger partial charge < -0.3 is 5.11 Å². The molecule has 0 unspecified atom stereocenters. The molecule has 0 aromatic heterocycles.